The van der Waals surface area contributed by atoms with Gasteiger partial charge in [-0.25, -0.2) is 18.7 Å². The lowest BCUT2D eigenvalue weighted by Crippen LogP contribution is -2.57. The number of piperazine rings is 1. The molecule has 254 valence electrons. The number of carbonyl (C=O) groups excluding carboxylic acids is 1. The fraction of sp³-hybridized carbons (Fsp3) is 0.485. The second-order valence-corrected chi connectivity index (χ2v) is 11.9. The van der Waals surface area contributed by atoms with Crippen molar-refractivity contribution in [2.24, 2.45) is 0 Å². The third-order valence-corrected chi connectivity index (χ3v) is 8.93. The second-order valence-electron chi connectivity index (χ2n) is 11.9. The average molecular weight is 665 g/mol. The molecule has 0 saturated carbocycles. The number of anilines is 3. The van der Waals surface area contributed by atoms with Crippen molar-refractivity contribution in [3.05, 3.63) is 48.2 Å². The molecule has 1 aromatic carbocycles. The normalized spacial score (nSPS) is 20.4. The first-order valence-corrected chi connectivity index (χ1v) is 15.8. The highest BCUT2D eigenvalue weighted by molar-refractivity contribution is 5.80. The van der Waals surface area contributed by atoms with Gasteiger partial charge in [0.2, 0.25) is 11.8 Å². The topological polar surface area (TPSA) is 138 Å². The molecular weight excluding hydrogens is 626 g/mol. The maximum atomic E-state index is 15.1. The number of aromatic nitrogens is 3. The van der Waals surface area contributed by atoms with Gasteiger partial charge < -0.3 is 34.1 Å². The predicted molar refractivity (Wildman–Crippen MR) is 172 cm³/mol. The molecule has 0 bridgehead atoms. The van der Waals surface area contributed by atoms with Crippen molar-refractivity contribution < 1.29 is 32.5 Å². The van der Waals surface area contributed by atoms with E-state index in [1.165, 1.54) is 26.2 Å². The molecule has 3 fully saturated rings. The highest BCUT2D eigenvalue weighted by Crippen LogP contribution is 2.35. The Labute approximate surface area is 277 Å². The fourth-order valence-electron chi connectivity index (χ4n) is 5.99. The smallest absolute Gasteiger partial charge is 0.301 e. The van der Waals surface area contributed by atoms with E-state index in [2.05, 4.69) is 30.1 Å². The van der Waals surface area contributed by atoms with Gasteiger partial charge in [0, 0.05) is 58.0 Å². The number of alkyl halides is 2. The van der Waals surface area contributed by atoms with Crippen molar-refractivity contribution in [3.8, 4) is 29.0 Å². The molecule has 1 unspecified atom stereocenters. The van der Waals surface area contributed by atoms with E-state index in [0.717, 1.165) is 50.0 Å². The summed E-state index contributed by atoms with van der Waals surface area (Å²) in [4.78, 5) is 31.7. The van der Waals surface area contributed by atoms with Gasteiger partial charge in [-0.15, -0.1) is 0 Å². The van der Waals surface area contributed by atoms with Gasteiger partial charge in [-0.05, 0) is 43.3 Å². The Morgan fingerprint density at radius 3 is 2.56 bits per heavy atom. The summed E-state index contributed by atoms with van der Waals surface area (Å²) in [6, 6.07) is 12.7. The summed E-state index contributed by atoms with van der Waals surface area (Å²) < 4.78 is 51.8. The van der Waals surface area contributed by atoms with E-state index in [9.17, 15) is 10.1 Å². The number of piperidine rings is 1. The Balaban J connectivity index is 1.12. The number of pyridine rings is 1. The number of hydrogen-bond acceptors (Lipinski definition) is 12. The third-order valence-electron chi connectivity index (χ3n) is 8.93. The number of nitrogens with one attached hydrogen (secondary N) is 1. The molecule has 3 aliphatic heterocycles. The van der Waals surface area contributed by atoms with Gasteiger partial charge in [0.05, 0.1) is 44.2 Å². The molecule has 3 aromatic rings. The molecule has 13 nitrogen and oxygen atoms in total. The van der Waals surface area contributed by atoms with Crippen molar-refractivity contribution in [1.82, 2.24) is 24.8 Å². The SMILES string of the molecule is COc1nc(Nc2nccc(-c3ccc(OC4CCN(C(=O)[C@H](C)OC)CC4(F)F)c(C#N)c3)n2)ccc1N1CCN(C2COC2)CC1. The third kappa shape index (κ3) is 7.10. The zero-order valence-corrected chi connectivity index (χ0v) is 27.1. The number of benzene rings is 1. The van der Waals surface area contributed by atoms with E-state index >= 15 is 8.78 Å². The van der Waals surface area contributed by atoms with E-state index in [1.807, 2.05) is 18.2 Å². The minimum atomic E-state index is -3.32. The van der Waals surface area contributed by atoms with Crippen LogP contribution in [0.15, 0.2) is 42.6 Å². The molecular formula is C33H38F2N8O5. The first-order chi connectivity index (χ1) is 23.2. The molecule has 6 rings (SSSR count). The Hall–Kier alpha value is -4.65. The van der Waals surface area contributed by atoms with E-state index in [4.69, 9.17) is 18.9 Å². The van der Waals surface area contributed by atoms with Crippen molar-refractivity contribution >= 4 is 23.4 Å². The number of likely N-dealkylation sites (tertiary alicyclic amines) is 1. The van der Waals surface area contributed by atoms with E-state index in [0.29, 0.717) is 29.0 Å². The van der Waals surface area contributed by atoms with E-state index in [1.54, 1.807) is 25.4 Å². The Morgan fingerprint density at radius 2 is 1.90 bits per heavy atom. The summed E-state index contributed by atoms with van der Waals surface area (Å²) in [5, 5.41) is 13.0. The van der Waals surface area contributed by atoms with Gasteiger partial charge in [-0.3, -0.25) is 9.69 Å². The Morgan fingerprint density at radius 1 is 1.10 bits per heavy atom. The maximum Gasteiger partial charge on any atom is 0.301 e. The van der Waals surface area contributed by atoms with Gasteiger partial charge in [0.25, 0.3) is 5.91 Å². The Bertz CT molecular complexity index is 1660. The molecule has 5 heterocycles. The van der Waals surface area contributed by atoms with E-state index in [-0.39, 0.29) is 30.2 Å². The minimum absolute atomic E-state index is 0.0261. The number of ether oxygens (including phenoxy) is 4. The maximum absolute atomic E-state index is 15.1. The number of hydrogen-bond donors (Lipinski definition) is 1. The number of nitriles is 1. The van der Waals surface area contributed by atoms with Crippen molar-refractivity contribution in [2.45, 2.75) is 37.5 Å². The van der Waals surface area contributed by atoms with Gasteiger partial charge in [0.1, 0.15) is 29.4 Å². The van der Waals surface area contributed by atoms with Crippen molar-refractivity contribution in [1.29, 1.82) is 5.26 Å². The van der Waals surface area contributed by atoms with Crippen LogP contribution in [0.4, 0.5) is 26.2 Å². The molecule has 1 N–H and O–H groups in total. The van der Waals surface area contributed by atoms with Gasteiger partial charge in [0.15, 0.2) is 6.10 Å². The molecule has 0 radical (unpaired) electrons. The lowest BCUT2D eigenvalue weighted by molar-refractivity contribution is -0.166. The highest BCUT2D eigenvalue weighted by Gasteiger charge is 2.48. The number of nitrogens with zero attached hydrogens (tertiary/aromatic N) is 7. The van der Waals surface area contributed by atoms with Crippen LogP contribution >= 0.6 is 0 Å². The molecule has 48 heavy (non-hydrogen) atoms. The summed E-state index contributed by atoms with van der Waals surface area (Å²) in [6.07, 6.45) is -0.859. The zero-order valence-electron chi connectivity index (χ0n) is 27.1. The molecule has 3 saturated heterocycles. The van der Waals surface area contributed by atoms with Crippen LogP contribution in [0.1, 0.15) is 18.9 Å². The fourth-order valence-corrected chi connectivity index (χ4v) is 5.99. The molecule has 1 amide bonds. The first-order valence-electron chi connectivity index (χ1n) is 15.8. The van der Waals surface area contributed by atoms with Gasteiger partial charge >= 0.3 is 5.92 Å². The summed E-state index contributed by atoms with van der Waals surface area (Å²) >= 11 is 0. The summed E-state index contributed by atoms with van der Waals surface area (Å²) in [7, 11) is 2.94. The van der Waals surface area contributed by atoms with Crippen LogP contribution in [-0.4, -0.2) is 122 Å². The van der Waals surface area contributed by atoms with E-state index < -0.39 is 30.6 Å². The van der Waals surface area contributed by atoms with Crippen LogP contribution in [0, 0.1) is 11.3 Å². The van der Waals surface area contributed by atoms with Crippen LogP contribution in [0.3, 0.4) is 0 Å². The highest BCUT2D eigenvalue weighted by atomic mass is 19.3. The Kier molecular flexibility index (Phi) is 9.86. The standard InChI is InChI=1S/C33H38F2N8O5/c1-21(45-2)31(44)43-11-9-28(33(34,35)20-43)48-27-6-4-22(16-23(27)17-36)25-8-10-37-32(38-25)40-29-7-5-26(30(39-29)46-3)42-14-12-41(13-15-42)24-18-47-19-24/h4-8,10,16,21,24,28H,9,11-15,18-20H2,1-3H3,(H,37,38,39,40)/t21-,28?/m0/s1. The van der Waals surface area contributed by atoms with Crippen LogP contribution in [0.25, 0.3) is 11.3 Å². The molecule has 2 atom stereocenters. The zero-order chi connectivity index (χ0) is 33.8. The van der Waals surface area contributed by atoms with Crippen LogP contribution < -0.4 is 19.7 Å². The van der Waals surface area contributed by atoms with Crippen LogP contribution in [-0.2, 0) is 14.3 Å². The predicted octanol–water partition coefficient (Wildman–Crippen LogP) is 3.33. The number of amides is 1. The summed E-state index contributed by atoms with van der Waals surface area (Å²) in [5.74, 6) is -2.56. The van der Waals surface area contributed by atoms with Gasteiger partial charge in [-0.2, -0.15) is 10.2 Å². The lowest BCUT2D eigenvalue weighted by Gasteiger charge is -2.43. The first kappa shape index (κ1) is 33.3. The second kappa shape index (κ2) is 14.2. The van der Waals surface area contributed by atoms with Crippen molar-refractivity contribution in [2.75, 3.05) is 76.9 Å². The monoisotopic (exact) mass is 664 g/mol. The lowest BCUT2D eigenvalue weighted by atomic mass is 10.0. The molecule has 15 heteroatoms. The summed E-state index contributed by atoms with van der Waals surface area (Å²) in [6.45, 7) is 6.02. The molecule has 2 aromatic heterocycles. The summed E-state index contributed by atoms with van der Waals surface area (Å²) in [5.41, 5.74) is 2.05. The quantitative estimate of drug-likeness (QED) is 0.340. The number of carbonyl (C=O) groups is 1. The molecule has 3 aliphatic rings. The number of rotatable bonds is 10. The average Bonchev–Trinajstić information content (AvgIpc) is 3.08. The molecule has 0 aliphatic carbocycles. The van der Waals surface area contributed by atoms with Crippen LogP contribution in [0.5, 0.6) is 11.6 Å². The van der Waals surface area contributed by atoms with Crippen molar-refractivity contribution in [3.63, 3.8) is 0 Å². The largest absolute Gasteiger partial charge is 0.483 e. The number of methoxy groups -OCH3 is 2. The van der Waals surface area contributed by atoms with Gasteiger partial charge in [-0.1, -0.05) is 0 Å². The van der Waals surface area contributed by atoms with Crippen LogP contribution in [0.2, 0.25) is 0 Å². The molecule has 0 spiro atoms. The number of halogens is 2. The minimum Gasteiger partial charge on any atom is -0.483 e.